The number of unbranched alkanes of at least 4 members (excludes halogenated alkanes) is 1. The summed E-state index contributed by atoms with van der Waals surface area (Å²) in [5.41, 5.74) is 6.66. The van der Waals surface area contributed by atoms with Gasteiger partial charge < -0.3 is 11.1 Å². The van der Waals surface area contributed by atoms with Gasteiger partial charge in [-0.25, -0.2) is 9.07 Å². The van der Waals surface area contributed by atoms with Crippen LogP contribution in [-0.2, 0) is 0 Å². The van der Waals surface area contributed by atoms with Crippen LogP contribution >= 0.6 is 28.3 Å². The molecule has 0 saturated carbocycles. The zero-order valence-corrected chi connectivity index (χ0v) is 15.7. The first-order valence-electron chi connectivity index (χ1n) is 7.57. The summed E-state index contributed by atoms with van der Waals surface area (Å²) >= 11 is 3.34. The number of amides is 1. The Morgan fingerprint density at radius 2 is 2.08 bits per heavy atom. The van der Waals surface area contributed by atoms with Crippen molar-refractivity contribution in [3.63, 3.8) is 0 Å². The molecule has 1 atom stereocenters. The molecule has 1 aromatic carbocycles. The van der Waals surface area contributed by atoms with Crippen LogP contribution in [0.5, 0.6) is 0 Å². The Bertz CT molecular complexity index is 663. The van der Waals surface area contributed by atoms with Crippen LogP contribution in [0.15, 0.2) is 34.9 Å². The normalized spacial score (nSPS) is 11.7. The molecule has 0 bridgehead atoms. The summed E-state index contributed by atoms with van der Waals surface area (Å²) in [7, 11) is 0. The van der Waals surface area contributed by atoms with Crippen LogP contribution < -0.4 is 11.1 Å². The van der Waals surface area contributed by atoms with E-state index in [9.17, 15) is 9.18 Å². The van der Waals surface area contributed by atoms with Crippen molar-refractivity contribution >= 4 is 34.2 Å². The van der Waals surface area contributed by atoms with Gasteiger partial charge in [-0.3, -0.25) is 4.79 Å². The van der Waals surface area contributed by atoms with Crippen molar-refractivity contribution < 1.29 is 9.18 Å². The quantitative estimate of drug-likeness (QED) is 0.722. The SMILES string of the molecule is CCCCC(CN)NC(=O)c1nn(-c2ccc(F)cc2)cc1Br.Cl. The van der Waals surface area contributed by atoms with E-state index in [1.807, 2.05) is 0 Å². The van der Waals surface area contributed by atoms with E-state index in [-0.39, 0.29) is 35.9 Å². The zero-order valence-electron chi connectivity index (χ0n) is 13.3. The number of nitrogens with zero attached hydrogens (tertiary/aromatic N) is 2. The highest BCUT2D eigenvalue weighted by Gasteiger charge is 2.18. The van der Waals surface area contributed by atoms with Gasteiger partial charge in [-0.1, -0.05) is 19.8 Å². The van der Waals surface area contributed by atoms with E-state index in [0.717, 1.165) is 19.3 Å². The average Bonchev–Trinajstić information content (AvgIpc) is 2.94. The van der Waals surface area contributed by atoms with Gasteiger partial charge in [-0.05, 0) is 46.6 Å². The van der Waals surface area contributed by atoms with Gasteiger partial charge in [-0.2, -0.15) is 5.10 Å². The van der Waals surface area contributed by atoms with Crippen LogP contribution in [0.1, 0.15) is 36.7 Å². The maximum Gasteiger partial charge on any atom is 0.273 e. The van der Waals surface area contributed by atoms with E-state index in [2.05, 4.69) is 33.3 Å². The van der Waals surface area contributed by atoms with E-state index >= 15 is 0 Å². The lowest BCUT2D eigenvalue weighted by Crippen LogP contribution is -2.40. The number of hydrogen-bond acceptors (Lipinski definition) is 3. The van der Waals surface area contributed by atoms with Gasteiger partial charge in [0, 0.05) is 18.8 Å². The fourth-order valence-electron chi connectivity index (χ4n) is 2.19. The van der Waals surface area contributed by atoms with Gasteiger partial charge in [0.05, 0.1) is 10.2 Å². The first kappa shape index (κ1) is 20.6. The summed E-state index contributed by atoms with van der Waals surface area (Å²) in [6.45, 7) is 2.48. The van der Waals surface area contributed by atoms with E-state index in [1.54, 1.807) is 18.3 Å². The lowest BCUT2D eigenvalue weighted by atomic mass is 10.1. The summed E-state index contributed by atoms with van der Waals surface area (Å²) in [4.78, 5) is 12.4. The largest absolute Gasteiger partial charge is 0.347 e. The van der Waals surface area contributed by atoms with Crippen LogP contribution in [0.4, 0.5) is 4.39 Å². The van der Waals surface area contributed by atoms with Gasteiger partial charge in [0.2, 0.25) is 0 Å². The highest BCUT2D eigenvalue weighted by molar-refractivity contribution is 9.10. The third kappa shape index (κ3) is 5.29. The van der Waals surface area contributed by atoms with Crippen LogP contribution in [0.3, 0.4) is 0 Å². The van der Waals surface area contributed by atoms with Crippen molar-refractivity contribution in [2.75, 3.05) is 6.54 Å². The highest BCUT2D eigenvalue weighted by atomic mass is 79.9. The maximum absolute atomic E-state index is 13.0. The Hall–Kier alpha value is -1.44. The number of carbonyl (C=O) groups excluding carboxylic acids is 1. The molecule has 8 heteroatoms. The molecule has 0 spiro atoms. The standard InChI is InChI=1S/C16H20BrFN4O.ClH/c1-2-3-4-12(9-19)20-16(23)15-14(17)10-22(21-15)13-7-5-11(18)6-8-13;/h5-8,10,12H,2-4,9,19H2,1H3,(H,20,23);1H. The molecule has 0 aliphatic carbocycles. The molecular formula is C16H21BrClFN4O. The number of halogens is 3. The van der Waals surface area contributed by atoms with E-state index in [0.29, 0.717) is 16.7 Å². The van der Waals surface area contributed by atoms with Crippen molar-refractivity contribution in [1.29, 1.82) is 0 Å². The number of nitrogens with two attached hydrogens (primary N) is 1. The Balaban J connectivity index is 0.00000288. The molecule has 1 aromatic heterocycles. The molecule has 0 saturated heterocycles. The van der Waals surface area contributed by atoms with Gasteiger partial charge in [0.15, 0.2) is 5.69 Å². The van der Waals surface area contributed by atoms with Crippen molar-refractivity contribution in [3.8, 4) is 5.69 Å². The van der Waals surface area contributed by atoms with Crippen LogP contribution in [0.25, 0.3) is 5.69 Å². The molecule has 0 aliphatic heterocycles. The smallest absolute Gasteiger partial charge is 0.273 e. The molecule has 1 heterocycles. The fraction of sp³-hybridized carbons (Fsp3) is 0.375. The van der Waals surface area contributed by atoms with E-state index in [1.165, 1.54) is 16.8 Å². The maximum atomic E-state index is 13.0. The number of benzene rings is 1. The molecule has 2 aromatic rings. The number of carbonyl (C=O) groups is 1. The van der Waals surface area contributed by atoms with Gasteiger partial charge in [-0.15, -0.1) is 12.4 Å². The monoisotopic (exact) mass is 418 g/mol. The first-order chi connectivity index (χ1) is 11.0. The number of aromatic nitrogens is 2. The summed E-state index contributed by atoms with van der Waals surface area (Å²) in [6.07, 6.45) is 4.57. The summed E-state index contributed by atoms with van der Waals surface area (Å²) < 4.78 is 15.1. The average molecular weight is 420 g/mol. The fourth-order valence-corrected chi connectivity index (χ4v) is 2.64. The second kappa shape index (κ2) is 9.76. The van der Waals surface area contributed by atoms with Crippen LogP contribution in [0, 0.1) is 5.82 Å². The Labute approximate surface area is 155 Å². The number of nitrogens with one attached hydrogen (secondary N) is 1. The van der Waals surface area contributed by atoms with Gasteiger partial charge in [0.25, 0.3) is 5.91 Å². The van der Waals surface area contributed by atoms with Crippen molar-refractivity contribution in [2.45, 2.75) is 32.2 Å². The Kier molecular flexibility index (Phi) is 8.38. The topological polar surface area (TPSA) is 72.9 Å². The summed E-state index contributed by atoms with van der Waals surface area (Å²) in [5.74, 6) is -0.594. The third-order valence-electron chi connectivity index (χ3n) is 3.50. The lowest BCUT2D eigenvalue weighted by molar-refractivity contribution is 0.0929. The minimum absolute atomic E-state index is 0. The highest BCUT2D eigenvalue weighted by Crippen LogP contribution is 2.18. The summed E-state index contributed by atoms with van der Waals surface area (Å²) in [5, 5.41) is 7.17. The van der Waals surface area contributed by atoms with Gasteiger partial charge in [0.1, 0.15) is 5.82 Å². The number of hydrogen-bond donors (Lipinski definition) is 2. The molecule has 0 aliphatic rings. The minimum Gasteiger partial charge on any atom is -0.347 e. The minimum atomic E-state index is -0.320. The van der Waals surface area contributed by atoms with Crippen molar-refractivity contribution in [3.05, 3.63) is 46.4 Å². The molecule has 3 N–H and O–H groups in total. The Morgan fingerprint density at radius 3 is 2.67 bits per heavy atom. The number of rotatable bonds is 7. The molecule has 24 heavy (non-hydrogen) atoms. The first-order valence-corrected chi connectivity index (χ1v) is 8.36. The summed E-state index contributed by atoms with van der Waals surface area (Å²) in [6, 6.07) is 5.82. The molecule has 0 fully saturated rings. The molecule has 2 rings (SSSR count). The molecule has 1 unspecified atom stereocenters. The molecule has 0 radical (unpaired) electrons. The van der Waals surface area contributed by atoms with Crippen LogP contribution in [-0.4, -0.2) is 28.3 Å². The second-order valence-electron chi connectivity index (χ2n) is 5.29. The van der Waals surface area contributed by atoms with Crippen molar-refractivity contribution in [1.82, 2.24) is 15.1 Å². The lowest BCUT2D eigenvalue weighted by Gasteiger charge is -2.15. The molecular weight excluding hydrogens is 399 g/mol. The second-order valence-corrected chi connectivity index (χ2v) is 6.15. The van der Waals surface area contributed by atoms with E-state index in [4.69, 9.17) is 5.73 Å². The van der Waals surface area contributed by atoms with Gasteiger partial charge >= 0.3 is 0 Å². The van der Waals surface area contributed by atoms with E-state index < -0.39 is 0 Å². The third-order valence-corrected chi connectivity index (χ3v) is 4.08. The molecule has 5 nitrogen and oxygen atoms in total. The predicted octanol–water partition coefficient (Wildman–Crippen LogP) is 3.44. The molecule has 132 valence electrons. The van der Waals surface area contributed by atoms with Crippen LogP contribution in [0.2, 0.25) is 0 Å². The Morgan fingerprint density at radius 1 is 1.42 bits per heavy atom. The zero-order chi connectivity index (χ0) is 16.8. The molecule has 1 amide bonds. The predicted molar refractivity (Wildman–Crippen MR) is 98.3 cm³/mol. The van der Waals surface area contributed by atoms with Crippen molar-refractivity contribution in [2.24, 2.45) is 5.73 Å².